The van der Waals surface area contributed by atoms with Crippen LogP contribution in [0.1, 0.15) is 37.0 Å². The van der Waals surface area contributed by atoms with Crippen molar-refractivity contribution in [3.63, 3.8) is 0 Å². The molecule has 1 aromatic rings. The van der Waals surface area contributed by atoms with E-state index in [9.17, 15) is 9.59 Å². The highest BCUT2D eigenvalue weighted by atomic mass is 16.5. The van der Waals surface area contributed by atoms with Gasteiger partial charge in [-0.3, -0.25) is 9.59 Å². The Morgan fingerprint density at radius 1 is 1.30 bits per heavy atom. The number of methoxy groups -OCH3 is 2. The molecule has 0 bridgehead atoms. The fourth-order valence-corrected chi connectivity index (χ4v) is 4.74. The summed E-state index contributed by atoms with van der Waals surface area (Å²) < 4.78 is 16.8. The van der Waals surface area contributed by atoms with E-state index in [1.54, 1.807) is 30.2 Å². The molecule has 4 rings (SSSR count). The number of rotatable bonds is 4. The first-order valence-electron chi connectivity index (χ1n) is 9.42. The Labute approximate surface area is 159 Å². The predicted molar refractivity (Wildman–Crippen MR) is 97.8 cm³/mol. The van der Waals surface area contributed by atoms with Crippen LogP contribution < -0.4 is 9.47 Å². The molecule has 0 saturated carbocycles. The molecule has 0 N–H and O–H groups in total. The zero-order chi connectivity index (χ0) is 19.3. The second-order valence-corrected chi connectivity index (χ2v) is 7.77. The quantitative estimate of drug-likeness (QED) is 0.805. The van der Waals surface area contributed by atoms with Crippen LogP contribution in [0.4, 0.5) is 0 Å². The van der Waals surface area contributed by atoms with Crippen molar-refractivity contribution in [1.82, 2.24) is 9.80 Å². The largest absolute Gasteiger partial charge is 0.497 e. The third-order valence-electron chi connectivity index (χ3n) is 6.16. The van der Waals surface area contributed by atoms with Gasteiger partial charge in [-0.05, 0) is 18.1 Å². The lowest BCUT2D eigenvalue weighted by Crippen LogP contribution is -2.51. The summed E-state index contributed by atoms with van der Waals surface area (Å²) >= 11 is 0. The number of likely N-dealkylation sites (tertiary alicyclic amines) is 1. The van der Waals surface area contributed by atoms with Crippen LogP contribution in [-0.2, 0) is 9.53 Å². The Balaban J connectivity index is 1.64. The molecule has 1 aromatic carbocycles. The summed E-state index contributed by atoms with van der Waals surface area (Å²) in [5.41, 5.74) is -0.193. The number of nitrogens with zero attached hydrogens (tertiary/aromatic N) is 2. The summed E-state index contributed by atoms with van der Waals surface area (Å²) in [6.07, 6.45) is 0.963. The SMILES string of the molecule is COc1ccc(C(=O)N2CC[C@@]34OC[C@@H](C(C)C)N3C(=O)C[C@@H]24)c(OC)c1. The van der Waals surface area contributed by atoms with E-state index in [-0.39, 0.29) is 23.9 Å². The lowest BCUT2D eigenvalue weighted by molar-refractivity contribution is -0.139. The van der Waals surface area contributed by atoms with Gasteiger partial charge in [0.15, 0.2) is 5.72 Å². The molecular weight excluding hydrogens is 348 g/mol. The van der Waals surface area contributed by atoms with Crippen molar-refractivity contribution in [1.29, 1.82) is 0 Å². The topological polar surface area (TPSA) is 68.3 Å². The van der Waals surface area contributed by atoms with Gasteiger partial charge in [0.2, 0.25) is 5.91 Å². The van der Waals surface area contributed by atoms with Crippen molar-refractivity contribution >= 4 is 11.8 Å². The summed E-state index contributed by atoms with van der Waals surface area (Å²) in [5, 5.41) is 0. The minimum Gasteiger partial charge on any atom is -0.497 e. The molecule has 0 aliphatic carbocycles. The van der Waals surface area contributed by atoms with Crippen LogP contribution in [-0.4, -0.2) is 66.8 Å². The molecule has 3 aliphatic rings. The van der Waals surface area contributed by atoms with Gasteiger partial charge in [-0.2, -0.15) is 0 Å². The number of hydrogen-bond acceptors (Lipinski definition) is 5. The second kappa shape index (κ2) is 6.41. The van der Waals surface area contributed by atoms with Crippen LogP contribution in [0, 0.1) is 5.92 Å². The Morgan fingerprint density at radius 3 is 2.74 bits per heavy atom. The first-order chi connectivity index (χ1) is 12.9. The molecule has 0 unspecified atom stereocenters. The van der Waals surface area contributed by atoms with Crippen molar-refractivity contribution in [3.05, 3.63) is 23.8 Å². The summed E-state index contributed by atoms with van der Waals surface area (Å²) in [4.78, 5) is 29.8. The van der Waals surface area contributed by atoms with E-state index in [0.717, 1.165) is 0 Å². The van der Waals surface area contributed by atoms with Crippen LogP contribution >= 0.6 is 0 Å². The Hall–Kier alpha value is -2.28. The maximum atomic E-state index is 13.3. The molecule has 3 fully saturated rings. The van der Waals surface area contributed by atoms with E-state index < -0.39 is 5.72 Å². The van der Waals surface area contributed by atoms with Gasteiger partial charge in [0.05, 0.1) is 44.9 Å². The Morgan fingerprint density at radius 2 is 2.07 bits per heavy atom. The molecule has 7 heteroatoms. The van der Waals surface area contributed by atoms with E-state index in [0.29, 0.717) is 49.0 Å². The van der Waals surface area contributed by atoms with Crippen molar-refractivity contribution in [2.24, 2.45) is 5.92 Å². The van der Waals surface area contributed by atoms with E-state index in [2.05, 4.69) is 13.8 Å². The lowest BCUT2D eigenvalue weighted by atomic mass is 10.0. The van der Waals surface area contributed by atoms with Crippen LogP contribution in [0.3, 0.4) is 0 Å². The van der Waals surface area contributed by atoms with Crippen LogP contribution in [0.5, 0.6) is 11.5 Å². The van der Waals surface area contributed by atoms with Crippen LogP contribution in [0.15, 0.2) is 18.2 Å². The van der Waals surface area contributed by atoms with Gasteiger partial charge in [-0.15, -0.1) is 0 Å². The first-order valence-corrected chi connectivity index (χ1v) is 9.42. The number of benzene rings is 1. The number of ether oxygens (including phenoxy) is 3. The molecule has 1 spiro atoms. The molecule has 7 nitrogen and oxygen atoms in total. The fraction of sp³-hybridized carbons (Fsp3) is 0.600. The lowest BCUT2D eigenvalue weighted by Gasteiger charge is -2.34. The maximum absolute atomic E-state index is 13.3. The highest BCUT2D eigenvalue weighted by Crippen LogP contribution is 2.49. The Kier molecular flexibility index (Phi) is 4.29. The number of amides is 2. The van der Waals surface area contributed by atoms with E-state index >= 15 is 0 Å². The smallest absolute Gasteiger partial charge is 0.258 e. The number of carbonyl (C=O) groups is 2. The van der Waals surface area contributed by atoms with E-state index in [4.69, 9.17) is 14.2 Å². The molecule has 27 heavy (non-hydrogen) atoms. The van der Waals surface area contributed by atoms with Gasteiger partial charge in [0.1, 0.15) is 11.5 Å². The third kappa shape index (κ3) is 2.51. The normalized spacial score (nSPS) is 29.3. The monoisotopic (exact) mass is 374 g/mol. The molecule has 146 valence electrons. The zero-order valence-corrected chi connectivity index (χ0v) is 16.2. The average Bonchev–Trinajstić information content (AvgIpc) is 3.29. The summed E-state index contributed by atoms with van der Waals surface area (Å²) in [6, 6.07) is 4.98. The highest BCUT2D eigenvalue weighted by molar-refractivity contribution is 5.98. The van der Waals surface area contributed by atoms with Gasteiger partial charge in [0, 0.05) is 19.0 Å². The summed E-state index contributed by atoms with van der Waals surface area (Å²) in [5.74, 6) is 1.35. The van der Waals surface area contributed by atoms with Gasteiger partial charge in [0.25, 0.3) is 5.91 Å². The fourth-order valence-electron chi connectivity index (χ4n) is 4.74. The van der Waals surface area contributed by atoms with Gasteiger partial charge < -0.3 is 24.0 Å². The third-order valence-corrected chi connectivity index (χ3v) is 6.16. The minimum atomic E-state index is -0.665. The highest BCUT2D eigenvalue weighted by Gasteiger charge is 2.65. The van der Waals surface area contributed by atoms with E-state index in [1.165, 1.54) is 7.11 Å². The molecular formula is C20H26N2O5. The molecule has 3 saturated heterocycles. The molecule has 3 aliphatic heterocycles. The number of hydrogen-bond donors (Lipinski definition) is 0. The van der Waals surface area contributed by atoms with Crippen LogP contribution in [0.2, 0.25) is 0 Å². The zero-order valence-electron chi connectivity index (χ0n) is 16.2. The molecule has 3 heterocycles. The predicted octanol–water partition coefficient (Wildman–Crippen LogP) is 1.90. The number of carbonyl (C=O) groups excluding carboxylic acids is 2. The van der Waals surface area contributed by atoms with Crippen molar-refractivity contribution in [3.8, 4) is 11.5 Å². The summed E-state index contributed by atoms with van der Waals surface area (Å²) in [7, 11) is 3.10. The molecule has 2 amide bonds. The van der Waals surface area contributed by atoms with Crippen LogP contribution in [0.25, 0.3) is 0 Å². The second-order valence-electron chi connectivity index (χ2n) is 7.77. The van der Waals surface area contributed by atoms with E-state index in [1.807, 2.05) is 4.90 Å². The van der Waals surface area contributed by atoms with Gasteiger partial charge in [-0.1, -0.05) is 13.8 Å². The van der Waals surface area contributed by atoms with Crippen molar-refractivity contribution in [2.75, 3.05) is 27.4 Å². The minimum absolute atomic E-state index is 0.0769. The van der Waals surface area contributed by atoms with Crippen molar-refractivity contribution in [2.45, 2.75) is 44.5 Å². The summed E-state index contributed by atoms with van der Waals surface area (Å²) in [6.45, 7) is 5.31. The van der Waals surface area contributed by atoms with Crippen molar-refractivity contribution < 1.29 is 23.8 Å². The standard InChI is InChI=1S/C20H26N2O5/c1-12(2)15-11-27-20-7-8-21(17(20)10-18(23)22(15)20)19(24)14-6-5-13(25-3)9-16(14)26-4/h5-6,9,12,15,17H,7-8,10-11H2,1-4H3/t15-,17+,20-/m0/s1. The molecule has 3 atom stereocenters. The first kappa shape index (κ1) is 18.1. The van der Waals surface area contributed by atoms with Gasteiger partial charge in [-0.25, -0.2) is 0 Å². The average molecular weight is 374 g/mol. The molecule has 0 aromatic heterocycles. The van der Waals surface area contributed by atoms with Gasteiger partial charge >= 0.3 is 0 Å². The molecule has 0 radical (unpaired) electrons. The Bertz CT molecular complexity index is 780. The maximum Gasteiger partial charge on any atom is 0.258 e.